The van der Waals surface area contributed by atoms with Crippen LogP contribution in [0.2, 0.25) is 0 Å². The quantitative estimate of drug-likeness (QED) is 0.739. The second-order valence-electron chi connectivity index (χ2n) is 5.71. The van der Waals surface area contributed by atoms with Crippen LogP contribution >= 0.6 is 0 Å². The fourth-order valence-electron chi connectivity index (χ4n) is 3.39. The van der Waals surface area contributed by atoms with E-state index in [0.717, 1.165) is 13.1 Å². The highest BCUT2D eigenvalue weighted by Gasteiger charge is 2.38. The molecule has 1 heterocycles. The van der Waals surface area contributed by atoms with E-state index in [1.807, 2.05) is 4.90 Å². The standard InChI is InChI=1S/C13H24N2O/c1-11(14)12(16)15-9-5-8-13(10-15)6-3-2-4-7-13/h11H,2-10,14H2,1H3/t11-/m1/s1. The number of hydrogen-bond acceptors (Lipinski definition) is 2. The average Bonchev–Trinajstić information content (AvgIpc) is 2.29. The van der Waals surface area contributed by atoms with Gasteiger partial charge in [0, 0.05) is 13.1 Å². The van der Waals surface area contributed by atoms with Gasteiger partial charge in [-0.25, -0.2) is 0 Å². The van der Waals surface area contributed by atoms with Crippen molar-refractivity contribution in [2.75, 3.05) is 13.1 Å². The van der Waals surface area contributed by atoms with Crippen LogP contribution in [0.1, 0.15) is 51.9 Å². The Kier molecular flexibility index (Phi) is 3.53. The number of amides is 1. The maximum Gasteiger partial charge on any atom is 0.239 e. The van der Waals surface area contributed by atoms with Crippen LogP contribution in [0.3, 0.4) is 0 Å². The first-order valence-corrected chi connectivity index (χ1v) is 6.67. The molecule has 0 bridgehead atoms. The molecule has 1 aliphatic carbocycles. The normalized spacial score (nSPS) is 26.8. The molecule has 0 aromatic heterocycles. The molecule has 1 amide bonds. The number of piperidine rings is 1. The summed E-state index contributed by atoms with van der Waals surface area (Å²) in [5.41, 5.74) is 6.14. The number of hydrogen-bond donors (Lipinski definition) is 1. The van der Waals surface area contributed by atoms with Crippen LogP contribution in [0.15, 0.2) is 0 Å². The molecule has 2 rings (SSSR count). The van der Waals surface area contributed by atoms with Crippen molar-refractivity contribution in [2.45, 2.75) is 57.9 Å². The molecule has 1 atom stereocenters. The van der Waals surface area contributed by atoms with Crippen molar-refractivity contribution in [3.05, 3.63) is 0 Å². The van der Waals surface area contributed by atoms with Crippen LogP contribution in [0.25, 0.3) is 0 Å². The number of carbonyl (C=O) groups excluding carboxylic acids is 1. The van der Waals surface area contributed by atoms with Gasteiger partial charge >= 0.3 is 0 Å². The molecule has 3 heteroatoms. The van der Waals surface area contributed by atoms with Gasteiger partial charge in [0.05, 0.1) is 6.04 Å². The van der Waals surface area contributed by atoms with Gasteiger partial charge in [-0.15, -0.1) is 0 Å². The van der Waals surface area contributed by atoms with E-state index in [9.17, 15) is 4.79 Å². The molecule has 16 heavy (non-hydrogen) atoms. The third-order valence-corrected chi connectivity index (χ3v) is 4.28. The molecule has 2 aliphatic rings. The van der Waals surface area contributed by atoms with Gasteiger partial charge in [-0.2, -0.15) is 0 Å². The lowest BCUT2D eigenvalue weighted by Crippen LogP contribution is -2.51. The minimum atomic E-state index is -0.334. The molecular weight excluding hydrogens is 200 g/mol. The summed E-state index contributed by atoms with van der Waals surface area (Å²) in [5.74, 6) is 0.143. The van der Waals surface area contributed by atoms with Gasteiger partial charge in [-0.1, -0.05) is 19.3 Å². The van der Waals surface area contributed by atoms with E-state index in [1.165, 1.54) is 44.9 Å². The van der Waals surface area contributed by atoms with Crippen molar-refractivity contribution in [3.8, 4) is 0 Å². The SMILES string of the molecule is C[C@@H](N)C(=O)N1CCCC2(CCCCC2)C1. The zero-order chi connectivity index (χ0) is 11.6. The van der Waals surface area contributed by atoms with Crippen molar-refractivity contribution in [1.82, 2.24) is 4.90 Å². The Balaban J connectivity index is 2.00. The summed E-state index contributed by atoms with van der Waals surface area (Å²) in [5, 5.41) is 0. The second-order valence-corrected chi connectivity index (χ2v) is 5.71. The van der Waals surface area contributed by atoms with Crippen molar-refractivity contribution in [3.63, 3.8) is 0 Å². The number of rotatable bonds is 1. The first kappa shape index (κ1) is 11.9. The van der Waals surface area contributed by atoms with Gasteiger partial charge in [-0.05, 0) is 38.0 Å². The molecular formula is C13H24N2O. The molecule has 0 unspecified atom stereocenters. The third kappa shape index (κ3) is 2.40. The summed E-state index contributed by atoms with van der Waals surface area (Å²) in [6.07, 6.45) is 9.18. The predicted octanol–water partition coefficient (Wildman–Crippen LogP) is 1.91. The number of likely N-dealkylation sites (tertiary alicyclic amines) is 1. The lowest BCUT2D eigenvalue weighted by Gasteiger charge is -2.45. The van der Waals surface area contributed by atoms with E-state index < -0.39 is 0 Å². The van der Waals surface area contributed by atoms with Gasteiger partial charge in [0.1, 0.15) is 0 Å². The summed E-state index contributed by atoms with van der Waals surface area (Å²) in [4.78, 5) is 13.9. The third-order valence-electron chi connectivity index (χ3n) is 4.28. The van der Waals surface area contributed by atoms with Gasteiger partial charge in [0.15, 0.2) is 0 Å². The highest BCUT2D eigenvalue weighted by atomic mass is 16.2. The van der Waals surface area contributed by atoms with Crippen molar-refractivity contribution >= 4 is 5.91 Å². The Bertz CT molecular complexity index is 251. The molecule has 2 fully saturated rings. The molecule has 3 nitrogen and oxygen atoms in total. The van der Waals surface area contributed by atoms with Crippen LogP contribution in [-0.4, -0.2) is 29.9 Å². The minimum Gasteiger partial charge on any atom is -0.341 e. The number of nitrogens with zero attached hydrogens (tertiary/aromatic N) is 1. The lowest BCUT2D eigenvalue weighted by atomic mass is 9.69. The Labute approximate surface area is 98.4 Å². The molecule has 1 spiro atoms. The first-order valence-electron chi connectivity index (χ1n) is 6.67. The molecule has 1 aliphatic heterocycles. The van der Waals surface area contributed by atoms with Crippen molar-refractivity contribution < 1.29 is 4.79 Å². The van der Waals surface area contributed by atoms with Gasteiger partial charge < -0.3 is 10.6 Å². The molecule has 0 radical (unpaired) electrons. The first-order chi connectivity index (χ1) is 7.63. The van der Waals surface area contributed by atoms with Gasteiger partial charge in [0.25, 0.3) is 0 Å². The second kappa shape index (κ2) is 4.74. The molecule has 1 saturated heterocycles. The Morgan fingerprint density at radius 1 is 1.19 bits per heavy atom. The summed E-state index contributed by atoms with van der Waals surface area (Å²) in [7, 11) is 0. The van der Waals surface area contributed by atoms with Gasteiger partial charge in [-0.3, -0.25) is 4.79 Å². The highest BCUT2D eigenvalue weighted by Crippen LogP contribution is 2.43. The van der Waals surface area contributed by atoms with Crippen LogP contribution in [0, 0.1) is 5.41 Å². The van der Waals surface area contributed by atoms with E-state index in [-0.39, 0.29) is 11.9 Å². The van der Waals surface area contributed by atoms with Crippen LogP contribution in [-0.2, 0) is 4.79 Å². The van der Waals surface area contributed by atoms with Crippen LogP contribution in [0.5, 0.6) is 0 Å². The number of carbonyl (C=O) groups is 1. The maximum atomic E-state index is 11.9. The minimum absolute atomic E-state index is 0.143. The molecule has 2 N–H and O–H groups in total. The Morgan fingerprint density at radius 2 is 1.81 bits per heavy atom. The number of nitrogens with two attached hydrogens (primary N) is 1. The van der Waals surface area contributed by atoms with E-state index in [2.05, 4.69) is 0 Å². The lowest BCUT2D eigenvalue weighted by molar-refractivity contribution is -0.136. The average molecular weight is 224 g/mol. The van der Waals surface area contributed by atoms with E-state index in [0.29, 0.717) is 5.41 Å². The topological polar surface area (TPSA) is 46.3 Å². The van der Waals surface area contributed by atoms with E-state index >= 15 is 0 Å². The van der Waals surface area contributed by atoms with Crippen molar-refractivity contribution in [1.29, 1.82) is 0 Å². The largest absolute Gasteiger partial charge is 0.341 e. The fourth-order valence-corrected chi connectivity index (χ4v) is 3.39. The monoisotopic (exact) mass is 224 g/mol. The smallest absolute Gasteiger partial charge is 0.239 e. The summed E-state index contributed by atoms with van der Waals surface area (Å²) in [6.45, 7) is 3.68. The summed E-state index contributed by atoms with van der Waals surface area (Å²) in [6, 6.07) is -0.334. The molecule has 0 aromatic carbocycles. The Morgan fingerprint density at radius 3 is 2.44 bits per heavy atom. The molecule has 0 aromatic rings. The van der Waals surface area contributed by atoms with Crippen LogP contribution in [0.4, 0.5) is 0 Å². The zero-order valence-electron chi connectivity index (χ0n) is 10.4. The molecule has 1 saturated carbocycles. The highest BCUT2D eigenvalue weighted by molar-refractivity contribution is 5.81. The van der Waals surface area contributed by atoms with Gasteiger partial charge in [0.2, 0.25) is 5.91 Å². The fraction of sp³-hybridized carbons (Fsp3) is 0.923. The van der Waals surface area contributed by atoms with E-state index in [1.54, 1.807) is 6.92 Å². The van der Waals surface area contributed by atoms with Crippen molar-refractivity contribution in [2.24, 2.45) is 11.1 Å². The summed E-state index contributed by atoms with van der Waals surface area (Å²) >= 11 is 0. The summed E-state index contributed by atoms with van der Waals surface area (Å²) < 4.78 is 0. The zero-order valence-corrected chi connectivity index (χ0v) is 10.4. The maximum absolute atomic E-state index is 11.9. The van der Waals surface area contributed by atoms with E-state index in [4.69, 9.17) is 5.73 Å². The Hall–Kier alpha value is -0.570. The predicted molar refractivity (Wildman–Crippen MR) is 65.0 cm³/mol. The van der Waals surface area contributed by atoms with Crippen LogP contribution < -0.4 is 5.73 Å². The molecule has 92 valence electrons.